The van der Waals surface area contributed by atoms with Crippen molar-refractivity contribution < 1.29 is 13.2 Å². The maximum Gasteiger partial charge on any atom is 0.430 e. The second kappa shape index (κ2) is 2.73. The summed E-state index contributed by atoms with van der Waals surface area (Å²) in [4.78, 5) is 1.14. The van der Waals surface area contributed by atoms with Gasteiger partial charge in [0.15, 0.2) is 0 Å². The number of hydrogen-bond acceptors (Lipinski definition) is 2. The summed E-state index contributed by atoms with van der Waals surface area (Å²) in [5.74, 6) is 0. The van der Waals surface area contributed by atoms with Gasteiger partial charge in [-0.1, -0.05) is 0 Å². The summed E-state index contributed by atoms with van der Waals surface area (Å²) in [6.45, 7) is 0.546. The number of rotatable bonds is 0. The zero-order valence-corrected chi connectivity index (χ0v) is 6.07. The summed E-state index contributed by atoms with van der Waals surface area (Å²) >= 11 is 0. The van der Waals surface area contributed by atoms with Crippen molar-refractivity contribution in [1.82, 2.24) is 10.2 Å². The molecule has 1 aliphatic rings. The predicted octanol–water partition coefficient (Wildman–Crippen LogP) is 0.925. The van der Waals surface area contributed by atoms with Gasteiger partial charge in [0.1, 0.15) is 5.70 Å². The van der Waals surface area contributed by atoms with Gasteiger partial charge in [-0.15, -0.1) is 0 Å². The van der Waals surface area contributed by atoms with E-state index >= 15 is 0 Å². The molecule has 0 radical (unpaired) electrons. The Bertz CT molecular complexity index is 173. The highest BCUT2D eigenvalue weighted by Crippen LogP contribution is 2.27. The number of alkyl halides is 3. The van der Waals surface area contributed by atoms with Crippen LogP contribution in [0.15, 0.2) is 11.8 Å². The average molecular weight is 166 g/mol. The molecule has 0 saturated carbocycles. The standard InChI is InChI=1S/C6H9F3N2/c1-11-4-10-3-2-5(11)6(7,8)9/h2,10H,3-4H2,1H3. The van der Waals surface area contributed by atoms with Gasteiger partial charge in [-0.25, -0.2) is 0 Å². The van der Waals surface area contributed by atoms with Crippen LogP contribution in [-0.2, 0) is 0 Å². The predicted molar refractivity (Wildman–Crippen MR) is 34.8 cm³/mol. The fourth-order valence-electron chi connectivity index (χ4n) is 0.974. The van der Waals surface area contributed by atoms with Crippen LogP contribution in [0, 0.1) is 0 Å². The van der Waals surface area contributed by atoms with Gasteiger partial charge in [0, 0.05) is 13.6 Å². The van der Waals surface area contributed by atoms with E-state index in [0.717, 1.165) is 11.0 Å². The third-order valence-corrected chi connectivity index (χ3v) is 1.49. The summed E-state index contributed by atoms with van der Waals surface area (Å²) in [7, 11) is 1.41. The molecular formula is C6H9F3N2. The van der Waals surface area contributed by atoms with Crippen molar-refractivity contribution in [2.75, 3.05) is 20.3 Å². The molecule has 0 unspecified atom stereocenters. The highest BCUT2D eigenvalue weighted by Gasteiger charge is 2.36. The van der Waals surface area contributed by atoms with E-state index in [4.69, 9.17) is 0 Å². The molecule has 0 atom stereocenters. The second-order valence-corrected chi connectivity index (χ2v) is 2.40. The van der Waals surface area contributed by atoms with Crippen molar-refractivity contribution in [3.63, 3.8) is 0 Å². The molecule has 11 heavy (non-hydrogen) atoms. The molecule has 5 heteroatoms. The Balaban J connectivity index is 2.76. The normalized spacial score (nSPS) is 20.0. The molecule has 0 aromatic heterocycles. The van der Waals surface area contributed by atoms with E-state index in [9.17, 15) is 13.2 Å². The topological polar surface area (TPSA) is 15.3 Å². The van der Waals surface area contributed by atoms with Gasteiger partial charge in [0.2, 0.25) is 0 Å². The van der Waals surface area contributed by atoms with Crippen molar-refractivity contribution in [3.05, 3.63) is 11.8 Å². The monoisotopic (exact) mass is 166 g/mol. The minimum absolute atomic E-state index is 0.255. The lowest BCUT2D eigenvalue weighted by molar-refractivity contribution is -0.111. The Morgan fingerprint density at radius 3 is 2.55 bits per heavy atom. The van der Waals surface area contributed by atoms with Crippen molar-refractivity contribution in [2.45, 2.75) is 6.18 Å². The van der Waals surface area contributed by atoms with E-state index in [2.05, 4.69) is 5.32 Å². The third kappa shape index (κ3) is 1.86. The maximum atomic E-state index is 12.1. The van der Waals surface area contributed by atoms with Crippen LogP contribution in [0.25, 0.3) is 0 Å². The smallest absolute Gasteiger partial charge is 0.358 e. The largest absolute Gasteiger partial charge is 0.430 e. The first-order valence-electron chi connectivity index (χ1n) is 3.21. The fourth-order valence-corrected chi connectivity index (χ4v) is 0.974. The Labute approximate surface area is 62.7 Å². The minimum atomic E-state index is -4.21. The van der Waals surface area contributed by atoms with Gasteiger partial charge in [0.05, 0.1) is 6.67 Å². The Hall–Kier alpha value is -0.710. The first kappa shape index (κ1) is 8.39. The summed E-state index contributed by atoms with van der Waals surface area (Å²) in [5, 5.41) is 2.79. The van der Waals surface area contributed by atoms with Crippen molar-refractivity contribution in [2.24, 2.45) is 0 Å². The summed E-state index contributed by atoms with van der Waals surface area (Å²) in [6, 6.07) is 0. The van der Waals surface area contributed by atoms with E-state index in [0.29, 0.717) is 6.54 Å². The van der Waals surface area contributed by atoms with Gasteiger partial charge in [-0.2, -0.15) is 13.2 Å². The van der Waals surface area contributed by atoms with Crippen LogP contribution < -0.4 is 5.32 Å². The van der Waals surface area contributed by atoms with Crippen LogP contribution >= 0.6 is 0 Å². The van der Waals surface area contributed by atoms with Crippen LogP contribution in [0.3, 0.4) is 0 Å². The van der Waals surface area contributed by atoms with E-state index in [1.807, 2.05) is 0 Å². The molecule has 2 nitrogen and oxygen atoms in total. The molecule has 1 N–H and O–H groups in total. The lowest BCUT2D eigenvalue weighted by Crippen LogP contribution is -2.40. The highest BCUT2D eigenvalue weighted by atomic mass is 19.4. The zero-order valence-electron chi connectivity index (χ0n) is 6.07. The molecule has 0 amide bonds. The molecule has 64 valence electrons. The van der Waals surface area contributed by atoms with Crippen molar-refractivity contribution in [3.8, 4) is 0 Å². The first-order chi connectivity index (χ1) is 5.02. The SMILES string of the molecule is CN1CNCC=C1C(F)(F)F. The van der Waals surface area contributed by atoms with E-state index < -0.39 is 11.9 Å². The molecule has 1 aliphatic heterocycles. The van der Waals surface area contributed by atoms with E-state index in [1.165, 1.54) is 7.05 Å². The summed E-state index contributed by atoms with van der Waals surface area (Å²) < 4.78 is 36.2. The molecule has 1 rings (SSSR count). The van der Waals surface area contributed by atoms with E-state index in [-0.39, 0.29) is 6.67 Å². The van der Waals surface area contributed by atoms with Crippen LogP contribution in [0.1, 0.15) is 0 Å². The van der Waals surface area contributed by atoms with E-state index in [1.54, 1.807) is 0 Å². The number of allylic oxidation sites excluding steroid dienone is 1. The average Bonchev–Trinajstić information content (AvgIpc) is 1.86. The Morgan fingerprint density at radius 2 is 2.18 bits per heavy atom. The lowest BCUT2D eigenvalue weighted by atomic mass is 10.3. The quantitative estimate of drug-likeness (QED) is 0.575. The van der Waals surface area contributed by atoms with Crippen LogP contribution in [0.5, 0.6) is 0 Å². The summed E-state index contributed by atoms with van der Waals surface area (Å²) in [6.07, 6.45) is -3.07. The Morgan fingerprint density at radius 1 is 1.55 bits per heavy atom. The zero-order chi connectivity index (χ0) is 8.48. The van der Waals surface area contributed by atoms with Gasteiger partial charge in [0.25, 0.3) is 0 Å². The van der Waals surface area contributed by atoms with Gasteiger partial charge >= 0.3 is 6.18 Å². The van der Waals surface area contributed by atoms with Gasteiger partial charge in [-0.3, -0.25) is 5.32 Å². The van der Waals surface area contributed by atoms with Crippen molar-refractivity contribution in [1.29, 1.82) is 0 Å². The molecule has 0 bridgehead atoms. The number of hydrogen-bond donors (Lipinski definition) is 1. The second-order valence-electron chi connectivity index (χ2n) is 2.40. The lowest BCUT2D eigenvalue weighted by Gasteiger charge is -2.28. The van der Waals surface area contributed by atoms with Crippen molar-refractivity contribution >= 4 is 0 Å². The molecule has 0 spiro atoms. The number of halogens is 3. The minimum Gasteiger partial charge on any atom is -0.358 e. The highest BCUT2D eigenvalue weighted by molar-refractivity contribution is 5.10. The molecule has 0 saturated heterocycles. The maximum absolute atomic E-state index is 12.1. The summed E-state index contributed by atoms with van der Waals surface area (Å²) in [5.41, 5.74) is -0.559. The van der Waals surface area contributed by atoms with Gasteiger partial charge in [-0.05, 0) is 6.08 Å². The van der Waals surface area contributed by atoms with Crippen LogP contribution in [0.2, 0.25) is 0 Å². The number of nitrogens with one attached hydrogen (secondary N) is 1. The molecule has 0 aromatic carbocycles. The molecule has 0 fully saturated rings. The van der Waals surface area contributed by atoms with Crippen LogP contribution in [0.4, 0.5) is 13.2 Å². The molecule has 0 aromatic rings. The Kier molecular flexibility index (Phi) is 2.08. The molecular weight excluding hydrogens is 157 g/mol. The van der Waals surface area contributed by atoms with Crippen LogP contribution in [-0.4, -0.2) is 31.3 Å². The molecule has 0 aliphatic carbocycles. The third-order valence-electron chi connectivity index (χ3n) is 1.49. The van der Waals surface area contributed by atoms with Gasteiger partial charge < -0.3 is 4.90 Å². The number of nitrogens with zero attached hydrogens (tertiary/aromatic N) is 1. The fraction of sp³-hybridized carbons (Fsp3) is 0.667. The molecule has 1 heterocycles. The first-order valence-corrected chi connectivity index (χ1v) is 3.21.